The van der Waals surface area contributed by atoms with Crippen LogP contribution in [0.3, 0.4) is 0 Å². The van der Waals surface area contributed by atoms with Crippen LogP contribution in [0, 0.1) is 0 Å². The smallest absolute Gasteiger partial charge is 0.350 e. The molecule has 3 atom stereocenters. The summed E-state index contributed by atoms with van der Waals surface area (Å²) in [6, 6.07) is 8.13. The summed E-state index contributed by atoms with van der Waals surface area (Å²) in [5, 5.41) is 21.3. The molecule has 12 heteroatoms. The molecule has 0 amide bonds. The number of fused-ring (bicyclic) bond motifs is 3. The van der Waals surface area contributed by atoms with Gasteiger partial charge in [-0.15, -0.1) is 11.8 Å². The number of halogens is 1. The van der Waals surface area contributed by atoms with Gasteiger partial charge in [-0.25, -0.2) is 4.79 Å². The molecule has 8 rings (SSSR count). The lowest BCUT2D eigenvalue weighted by Gasteiger charge is -2.38. The molecule has 6 heterocycles. The molecule has 2 aromatic carbocycles. The summed E-state index contributed by atoms with van der Waals surface area (Å²) >= 11 is 8.97. The predicted octanol–water partition coefficient (Wildman–Crippen LogP) is 3.53. The van der Waals surface area contributed by atoms with Crippen LogP contribution in [-0.4, -0.2) is 104 Å². The molecule has 4 aromatic rings. The van der Waals surface area contributed by atoms with Gasteiger partial charge >= 0.3 is 5.69 Å². The van der Waals surface area contributed by atoms with Gasteiger partial charge < -0.3 is 20.2 Å². The lowest BCUT2D eigenvalue weighted by Crippen LogP contribution is -2.52. The fourth-order valence-corrected chi connectivity index (χ4v) is 9.31. The van der Waals surface area contributed by atoms with Crippen molar-refractivity contribution in [2.45, 2.75) is 42.8 Å². The highest BCUT2D eigenvalue weighted by Crippen LogP contribution is 2.49. The molecule has 0 aliphatic carbocycles. The second-order valence-corrected chi connectivity index (χ2v) is 13.9. The number of aromatic hydroxyl groups is 1. The quantitative estimate of drug-likeness (QED) is 0.347. The van der Waals surface area contributed by atoms with Crippen molar-refractivity contribution < 1.29 is 5.11 Å². The second kappa shape index (κ2) is 10.7. The molecule has 0 radical (unpaired) electrons. The van der Waals surface area contributed by atoms with E-state index in [0.717, 1.165) is 115 Å². The minimum absolute atomic E-state index is 0.0000220. The van der Waals surface area contributed by atoms with E-state index in [1.807, 2.05) is 28.4 Å². The Morgan fingerprint density at radius 2 is 1.81 bits per heavy atom. The SMILES string of the molecule is CCN1CCN(C[C@H]2CSc3c(-c4nn(C)c5ccc(O)cc45)c(Cl)cc4c(N5CC6CCC(C5)N6)nc(=O)n2c34)CC1. The number of anilines is 1. The zero-order valence-corrected chi connectivity index (χ0v) is 26.2. The molecule has 10 nitrogen and oxygen atoms in total. The predicted molar refractivity (Wildman–Crippen MR) is 173 cm³/mol. The van der Waals surface area contributed by atoms with Gasteiger partial charge in [0.1, 0.15) is 17.3 Å². The first kappa shape index (κ1) is 27.7. The Morgan fingerprint density at radius 3 is 2.56 bits per heavy atom. The first-order chi connectivity index (χ1) is 20.9. The Hall–Kier alpha value is -2.83. The summed E-state index contributed by atoms with van der Waals surface area (Å²) < 4.78 is 3.78. The van der Waals surface area contributed by atoms with Crippen molar-refractivity contribution >= 4 is 51.0 Å². The van der Waals surface area contributed by atoms with Gasteiger partial charge in [-0.3, -0.25) is 14.1 Å². The zero-order valence-electron chi connectivity index (χ0n) is 24.6. The average Bonchev–Trinajstić information content (AvgIpc) is 3.51. The molecule has 0 saturated carbocycles. The molecule has 4 aliphatic rings. The number of nitrogens with zero attached hydrogens (tertiary/aromatic N) is 7. The first-order valence-corrected chi connectivity index (χ1v) is 16.8. The van der Waals surface area contributed by atoms with Crippen LogP contribution in [0.5, 0.6) is 5.75 Å². The van der Waals surface area contributed by atoms with Gasteiger partial charge in [0.15, 0.2) is 0 Å². The molecule has 2 bridgehead atoms. The molecule has 3 fully saturated rings. The number of thioether (sulfide) groups is 1. The topological polar surface area (TPSA) is 94.7 Å². The summed E-state index contributed by atoms with van der Waals surface area (Å²) in [5.41, 5.74) is 3.16. The highest BCUT2D eigenvalue weighted by molar-refractivity contribution is 7.99. The van der Waals surface area contributed by atoms with Crippen molar-refractivity contribution in [2.24, 2.45) is 7.05 Å². The van der Waals surface area contributed by atoms with Crippen LogP contribution in [0.4, 0.5) is 5.82 Å². The Morgan fingerprint density at radius 1 is 1.07 bits per heavy atom. The number of piperazine rings is 2. The third-order valence-corrected chi connectivity index (χ3v) is 11.4. The third kappa shape index (κ3) is 4.63. The van der Waals surface area contributed by atoms with Crippen LogP contribution in [-0.2, 0) is 7.05 Å². The Kier molecular flexibility index (Phi) is 6.87. The molecule has 2 aromatic heterocycles. The normalized spacial score (nSPS) is 24.4. The molecule has 2 unspecified atom stereocenters. The van der Waals surface area contributed by atoms with Crippen LogP contribution in [0.1, 0.15) is 25.8 Å². The van der Waals surface area contributed by atoms with Crippen molar-refractivity contribution in [2.75, 3.05) is 63.0 Å². The van der Waals surface area contributed by atoms with Crippen molar-refractivity contribution in [3.63, 3.8) is 0 Å². The maximum atomic E-state index is 14.1. The Balaban J connectivity index is 1.31. The number of nitrogens with one attached hydrogen (secondary N) is 1. The van der Waals surface area contributed by atoms with Crippen LogP contribution in [0.15, 0.2) is 34.0 Å². The van der Waals surface area contributed by atoms with Gasteiger partial charge in [0.2, 0.25) is 0 Å². The van der Waals surface area contributed by atoms with Gasteiger partial charge in [0.25, 0.3) is 0 Å². The van der Waals surface area contributed by atoms with E-state index in [4.69, 9.17) is 21.7 Å². The number of benzene rings is 2. The van der Waals surface area contributed by atoms with Gasteiger partial charge in [-0.2, -0.15) is 10.1 Å². The van der Waals surface area contributed by atoms with Crippen molar-refractivity contribution in [1.82, 2.24) is 34.4 Å². The third-order valence-electron chi connectivity index (χ3n) is 9.85. The van der Waals surface area contributed by atoms with E-state index in [2.05, 4.69) is 26.9 Å². The molecule has 4 aliphatic heterocycles. The van der Waals surface area contributed by atoms with Crippen molar-refractivity contribution in [3.8, 4) is 17.0 Å². The van der Waals surface area contributed by atoms with Crippen LogP contribution in [0.25, 0.3) is 33.1 Å². The molecule has 43 heavy (non-hydrogen) atoms. The Bertz CT molecular complexity index is 1790. The molecule has 3 saturated heterocycles. The largest absolute Gasteiger partial charge is 0.508 e. The number of phenolic OH excluding ortho intramolecular Hbond substituents is 1. The Labute approximate surface area is 259 Å². The fraction of sp³-hybridized carbons (Fsp3) is 0.516. The van der Waals surface area contributed by atoms with E-state index in [0.29, 0.717) is 17.1 Å². The lowest BCUT2D eigenvalue weighted by molar-refractivity contribution is 0.126. The minimum Gasteiger partial charge on any atom is -0.508 e. The summed E-state index contributed by atoms with van der Waals surface area (Å²) in [7, 11) is 1.90. The van der Waals surface area contributed by atoms with Gasteiger partial charge in [-0.05, 0) is 43.7 Å². The molecule has 226 valence electrons. The molecule has 0 spiro atoms. The maximum Gasteiger partial charge on any atom is 0.350 e. The van der Waals surface area contributed by atoms with Crippen LogP contribution in [0.2, 0.25) is 5.02 Å². The second-order valence-electron chi connectivity index (χ2n) is 12.5. The van der Waals surface area contributed by atoms with E-state index in [1.165, 1.54) is 0 Å². The number of rotatable bonds is 5. The number of hydrogen-bond acceptors (Lipinski definition) is 9. The lowest BCUT2D eigenvalue weighted by atomic mass is 10.0. The highest BCUT2D eigenvalue weighted by atomic mass is 35.5. The number of likely N-dealkylation sites (N-methyl/N-ethyl adjacent to an activating group) is 1. The van der Waals surface area contributed by atoms with E-state index < -0.39 is 0 Å². The van der Waals surface area contributed by atoms with E-state index in [1.54, 1.807) is 23.9 Å². The average molecular weight is 621 g/mol. The fourth-order valence-electron chi connectivity index (χ4n) is 7.65. The van der Waals surface area contributed by atoms with Crippen molar-refractivity contribution in [3.05, 3.63) is 39.8 Å². The van der Waals surface area contributed by atoms with Gasteiger partial charge in [-0.1, -0.05) is 18.5 Å². The minimum atomic E-state index is -0.191. The number of aromatic nitrogens is 4. The monoisotopic (exact) mass is 620 g/mol. The maximum absolute atomic E-state index is 14.1. The number of hydrogen-bond donors (Lipinski definition) is 2. The summed E-state index contributed by atoms with van der Waals surface area (Å²) in [4.78, 5) is 27.2. The number of phenols is 1. The van der Waals surface area contributed by atoms with E-state index in [9.17, 15) is 9.90 Å². The standard InChI is InChI=1S/C31H37ClN8O2S/c1-3-37-8-10-38(11-9-37)16-20-17-43-29-26(27-22-12-21(41)6-7-25(22)36(2)35-27)24(32)13-23-28(29)40(20)31(42)34-30(23)39-14-18-4-5-19(15-39)33-18/h6-7,12-13,18-20,33,41H,3-5,8-11,14-17H2,1-2H3/t18?,19?,20-/m0/s1. The molecular weight excluding hydrogens is 584 g/mol. The molecule has 2 N–H and O–H groups in total. The van der Waals surface area contributed by atoms with E-state index >= 15 is 0 Å². The summed E-state index contributed by atoms with van der Waals surface area (Å²) in [5.74, 6) is 1.67. The first-order valence-electron chi connectivity index (χ1n) is 15.4. The summed E-state index contributed by atoms with van der Waals surface area (Å²) in [6.07, 6.45) is 2.30. The van der Waals surface area contributed by atoms with Gasteiger partial charge in [0, 0.05) is 91.9 Å². The highest BCUT2D eigenvalue weighted by Gasteiger charge is 2.37. The molecular formula is C31H37ClN8O2S. The summed E-state index contributed by atoms with van der Waals surface area (Å²) in [6.45, 7) is 9.89. The van der Waals surface area contributed by atoms with Crippen LogP contribution >= 0.6 is 23.4 Å². The number of aryl methyl sites for hydroxylation is 1. The van der Waals surface area contributed by atoms with Crippen LogP contribution < -0.4 is 15.9 Å². The van der Waals surface area contributed by atoms with E-state index in [-0.39, 0.29) is 17.5 Å². The van der Waals surface area contributed by atoms with Crippen molar-refractivity contribution in [1.29, 1.82) is 0 Å². The van der Waals surface area contributed by atoms with Gasteiger partial charge in [0.05, 0.1) is 22.1 Å². The zero-order chi connectivity index (χ0) is 29.4.